The van der Waals surface area contributed by atoms with E-state index in [0.29, 0.717) is 6.54 Å². The minimum atomic E-state index is -0.824. The average Bonchev–Trinajstić information content (AvgIpc) is 2.89. The van der Waals surface area contributed by atoms with E-state index < -0.39 is 12.0 Å². The van der Waals surface area contributed by atoms with E-state index in [0.717, 1.165) is 37.8 Å². The van der Waals surface area contributed by atoms with Crippen molar-refractivity contribution in [1.82, 2.24) is 9.80 Å². The van der Waals surface area contributed by atoms with E-state index in [2.05, 4.69) is 6.08 Å². The molecule has 0 radical (unpaired) electrons. The van der Waals surface area contributed by atoms with Gasteiger partial charge in [-0.2, -0.15) is 0 Å². The molecule has 1 heterocycles. The summed E-state index contributed by atoms with van der Waals surface area (Å²) in [7, 11) is 1.80. The normalized spacial score (nSPS) is 25.5. The van der Waals surface area contributed by atoms with Gasteiger partial charge in [0.2, 0.25) is 5.91 Å². The molecule has 0 aromatic carbocycles. The number of aliphatic carboxylic acids is 1. The van der Waals surface area contributed by atoms with E-state index in [9.17, 15) is 14.7 Å². The SMILES string of the molecule is CN(C(=O)CN1CCCC(C)(C)C1C(=O)O)C1=CCCC1. The molecule has 0 bridgehead atoms. The number of likely N-dealkylation sites (tertiary alicyclic amines) is 1. The van der Waals surface area contributed by atoms with Gasteiger partial charge in [0.05, 0.1) is 6.54 Å². The Kier molecular flexibility index (Phi) is 4.71. The second-order valence-corrected chi connectivity index (χ2v) is 6.84. The maximum atomic E-state index is 12.4. The summed E-state index contributed by atoms with van der Waals surface area (Å²) in [6.45, 7) is 4.82. The van der Waals surface area contributed by atoms with Gasteiger partial charge in [0, 0.05) is 12.7 Å². The van der Waals surface area contributed by atoms with Gasteiger partial charge in [0.15, 0.2) is 0 Å². The lowest BCUT2D eigenvalue weighted by Crippen LogP contribution is -2.56. The first-order valence-electron chi connectivity index (χ1n) is 7.75. The molecule has 5 nitrogen and oxygen atoms in total. The van der Waals surface area contributed by atoms with Crippen molar-refractivity contribution >= 4 is 11.9 Å². The van der Waals surface area contributed by atoms with Crippen molar-refractivity contribution in [2.75, 3.05) is 20.1 Å². The quantitative estimate of drug-likeness (QED) is 0.862. The van der Waals surface area contributed by atoms with Crippen molar-refractivity contribution in [3.8, 4) is 0 Å². The van der Waals surface area contributed by atoms with Crippen LogP contribution in [-0.2, 0) is 9.59 Å². The van der Waals surface area contributed by atoms with Crippen molar-refractivity contribution in [3.63, 3.8) is 0 Å². The minimum Gasteiger partial charge on any atom is -0.480 e. The van der Waals surface area contributed by atoms with Crippen molar-refractivity contribution in [2.24, 2.45) is 5.41 Å². The number of carbonyl (C=O) groups excluding carboxylic acids is 1. The van der Waals surface area contributed by atoms with E-state index >= 15 is 0 Å². The molecule has 5 heteroatoms. The Morgan fingerprint density at radius 1 is 1.43 bits per heavy atom. The molecule has 1 atom stereocenters. The summed E-state index contributed by atoms with van der Waals surface area (Å²) < 4.78 is 0. The van der Waals surface area contributed by atoms with E-state index in [1.807, 2.05) is 18.7 Å². The summed E-state index contributed by atoms with van der Waals surface area (Å²) in [6, 6.07) is -0.582. The number of nitrogens with zero attached hydrogens (tertiary/aromatic N) is 2. The van der Waals surface area contributed by atoms with Gasteiger partial charge in [-0.15, -0.1) is 0 Å². The molecule has 1 amide bonds. The number of hydrogen-bond acceptors (Lipinski definition) is 3. The molecule has 118 valence electrons. The Morgan fingerprint density at radius 3 is 2.71 bits per heavy atom. The number of carboxylic acid groups (broad SMARTS) is 1. The molecule has 0 saturated carbocycles. The van der Waals surface area contributed by atoms with Crippen LogP contribution < -0.4 is 0 Å². The van der Waals surface area contributed by atoms with Gasteiger partial charge < -0.3 is 10.0 Å². The second-order valence-electron chi connectivity index (χ2n) is 6.84. The van der Waals surface area contributed by atoms with Crippen molar-refractivity contribution in [2.45, 2.75) is 52.0 Å². The van der Waals surface area contributed by atoms with E-state index in [-0.39, 0.29) is 17.9 Å². The van der Waals surface area contributed by atoms with Crippen molar-refractivity contribution in [1.29, 1.82) is 0 Å². The zero-order valence-corrected chi connectivity index (χ0v) is 13.3. The number of carbonyl (C=O) groups is 2. The number of carboxylic acids is 1. The van der Waals surface area contributed by atoms with Gasteiger partial charge >= 0.3 is 5.97 Å². The number of piperidine rings is 1. The molecule has 1 unspecified atom stereocenters. The molecule has 0 aromatic heterocycles. The summed E-state index contributed by atoms with van der Waals surface area (Å²) in [5.41, 5.74) is 0.776. The Balaban J connectivity index is 2.06. The fraction of sp³-hybridized carbons (Fsp3) is 0.750. The van der Waals surface area contributed by atoms with E-state index in [1.165, 1.54) is 0 Å². The topological polar surface area (TPSA) is 60.9 Å². The van der Waals surface area contributed by atoms with Crippen LogP contribution in [0.5, 0.6) is 0 Å². The van der Waals surface area contributed by atoms with Gasteiger partial charge in [-0.1, -0.05) is 19.9 Å². The Bertz CT molecular complexity index is 456. The van der Waals surface area contributed by atoms with Gasteiger partial charge in [0.25, 0.3) is 0 Å². The maximum absolute atomic E-state index is 12.4. The van der Waals surface area contributed by atoms with Crippen LogP contribution in [0.25, 0.3) is 0 Å². The molecule has 1 aliphatic carbocycles. The molecular formula is C16H26N2O3. The van der Waals surface area contributed by atoms with Crippen LogP contribution in [-0.4, -0.2) is 53.0 Å². The lowest BCUT2D eigenvalue weighted by Gasteiger charge is -2.44. The van der Waals surface area contributed by atoms with Crippen LogP contribution in [0.1, 0.15) is 46.0 Å². The summed E-state index contributed by atoms with van der Waals surface area (Å²) in [5, 5.41) is 9.53. The predicted molar refractivity (Wildman–Crippen MR) is 80.7 cm³/mol. The monoisotopic (exact) mass is 294 g/mol. The van der Waals surface area contributed by atoms with E-state index in [4.69, 9.17) is 0 Å². The Labute approximate surface area is 126 Å². The molecule has 0 aromatic rings. The number of amides is 1. The van der Waals surface area contributed by atoms with Crippen LogP contribution in [0.2, 0.25) is 0 Å². The third kappa shape index (κ3) is 3.46. The predicted octanol–water partition coefficient (Wildman–Crippen LogP) is 2.09. The number of allylic oxidation sites excluding steroid dienone is 2. The third-order valence-electron chi connectivity index (χ3n) is 4.77. The number of hydrogen-bond donors (Lipinski definition) is 1. The van der Waals surface area contributed by atoms with Crippen LogP contribution >= 0.6 is 0 Å². The highest BCUT2D eigenvalue weighted by Gasteiger charge is 2.43. The standard InChI is InChI=1S/C16H26N2O3/c1-16(2)9-6-10-18(14(16)15(20)21)11-13(19)17(3)12-7-4-5-8-12/h7,14H,4-6,8-11H2,1-3H3,(H,20,21). The van der Waals surface area contributed by atoms with Gasteiger partial charge in [-0.3, -0.25) is 14.5 Å². The minimum absolute atomic E-state index is 0.00731. The summed E-state index contributed by atoms with van der Waals surface area (Å²) in [4.78, 5) is 27.6. The van der Waals surface area contributed by atoms with Crippen LogP contribution in [0.3, 0.4) is 0 Å². The summed E-state index contributed by atoms with van der Waals surface area (Å²) >= 11 is 0. The number of rotatable bonds is 4. The molecule has 21 heavy (non-hydrogen) atoms. The molecule has 1 aliphatic heterocycles. The van der Waals surface area contributed by atoms with Gasteiger partial charge in [-0.05, 0) is 44.1 Å². The first kappa shape index (κ1) is 16.0. The van der Waals surface area contributed by atoms with Gasteiger partial charge in [-0.25, -0.2) is 0 Å². The molecular weight excluding hydrogens is 268 g/mol. The second kappa shape index (κ2) is 6.18. The molecule has 0 spiro atoms. The summed E-state index contributed by atoms with van der Waals surface area (Å²) in [5.74, 6) is -0.831. The Hall–Kier alpha value is -1.36. The molecule has 2 rings (SSSR count). The lowest BCUT2D eigenvalue weighted by atomic mass is 9.76. The highest BCUT2D eigenvalue weighted by Crippen LogP contribution is 2.35. The maximum Gasteiger partial charge on any atom is 0.321 e. The van der Waals surface area contributed by atoms with Crippen LogP contribution in [0, 0.1) is 5.41 Å². The zero-order chi connectivity index (χ0) is 15.6. The lowest BCUT2D eigenvalue weighted by molar-refractivity contribution is -0.152. The van der Waals surface area contributed by atoms with Crippen LogP contribution in [0.4, 0.5) is 0 Å². The van der Waals surface area contributed by atoms with Crippen molar-refractivity contribution < 1.29 is 14.7 Å². The zero-order valence-electron chi connectivity index (χ0n) is 13.3. The highest BCUT2D eigenvalue weighted by atomic mass is 16.4. The fourth-order valence-electron chi connectivity index (χ4n) is 3.56. The fourth-order valence-corrected chi connectivity index (χ4v) is 3.56. The van der Waals surface area contributed by atoms with Gasteiger partial charge in [0.1, 0.15) is 6.04 Å². The number of likely N-dealkylation sites (N-methyl/N-ethyl adjacent to an activating group) is 1. The highest BCUT2D eigenvalue weighted by molar-refractivity contribution is 5.81. The molecule has 1 N–H and O–H groups in total. The third-order valence-corrected chi connectivity index (χ3v) is 4.77. The molecule has 2 aliphatic rings. The summed E-state index contributed by atoms with van der Waals surface area (Å²) in [6.07, 6.45) is 7.00. The Morgan fingerprint density at radius 2 is 2.14 bits per heavy atom. The molecule has 1 fully saturated rings. The van der Waals surface area contributed by atoms with E-state index in [1.54, 1.807) is 11.9 Å². The van der Waals surface area contributed by atoms with Crippen molar-refractivity contribution in [3.05, 3.63) is 11.8 Å². The molecule has 1 saturated heterocycles. The first-order valence-corrected chi connectivity index (χ1v) is 7.75. The van der Waals surface area contributed by atoms with Crippen LogP contribution in [0.15, 0.2) is 11.8 Å². The average molecular weight is 294 g/mol. The largest absolute Gasteiger partial charge is 0.480 e. The smallest absolute Gasteiger partial charge is 0.321 e. The first-order chi connectivity index (χ1) is 9.83.